The Bertz CT molecular complexity index is 1420. The van der Waals surface area contributed by atoms with Crippen LogP contribution in [0.2, 0.25) is 0 Å². The Morgan fingerprint density at radius 1 is 0.391 bits per heavy atom. The van der Waals surface area contributed by atoms with E-state index in [0.29, 0.717) is 23.0 Å². The summed E-state index contributed by atoms with van der Waals surface area (Å²) < 4.78 is 28.0. The molecule has 0 unspecified atom stereocenters. The Morgan fingerprint density at radius 3 is 0.870 bits per heavy atom. The molecule has 0 saturated heterocycles. The van der Waals surface area contributed by atoms with Crippen molar-refractivity contribution in [3.8, 4) is 0 Å². The van der Waals surface area contributed by atoms with Gasteiger partial charge in [0.25, 0.3) is 0 Å². The normalized spacial score (nSPS) is 24.1. The molecule has 240 valence electrons. The first-order chi connectivity index (χ1) is 21.5. The second-order valence-corrected chi connectivity index (χ2v) is 25.8. The van der Waals surface area contributed by atoms with Crippen LogP contribution in [-0.2, 0) is 66.3 Å². The Kier molecular flexibility index (Phi) is 17.9. The third-order valence-corrected chi connectivity index (χ3v) is 23.7. The van der Waals surface area contributed by atoms with E-state index in [4.69, 9.17) is 0 Å². The van der Waals surface area contributed by atoms with E-state index in [1.165, 1.54) is 0 Å². The molecule has 0 atom stereocenters. The fourth-order valence-corrected chi connectivity index (χ4v) is 18.8. The van der Waals surface area contributed by atoms with Crippen LogP contribution in [-0.4, -0.2) is 0 Å². The summed E-state index contributed by atoms with van der Waals surface area (Å²) in [6.07, 6.45) is 35.8. The van der Waals surface area contributed by atoms with Crippen LogP contribution in [0.3, 0.4) is 0 Å². The molecular formula is C36H34Fe2O2P2S4. The SMILES string of the molecule is O=P1(C2=C[CH]C=C2)SCc2ccc(cc2)CSP(=O)(C2=C[CH]C=C2)SCc2ccc(cc2)CS1.[CH]1C=CC=C1.[CH]1C=CC=C1.[Fe].[Fe]. The third-order valence-electron chi connectivity index (χ3n) is 6.68. The smallest absolute Gasteiger partial charge is 0.219 e. The molecule has 0 amide bonds. The summed E-state index contributed by atoms with van der Waals surface area (Å²) in [6.45, 7) is 0. The Morgan fingerprint density at radius 2 is 0.674 bits per heavy atom. The average Bonchev–Trinajstić information content (AvgIpc) is 3.90. The van der Waals surface area contributed by atoms with Gasteiger partial charge in [0.1, 0.15) is 0 Å². The number of benzene rings is 2. The number of rotatable bonds is 2. The minimum Gasteiger partial charge on any atom is -0.295 e. The second-order valence-electron chi connectivity index (χ2n) is 9.93. The van der Waals surface area contributed by atoms with Crippen LogP contribution >= 0.6 is 56.6 Å². The molecule has 8 aliphatic rings. The summed E-state index contributed by atoms with van der Waals surface area (Å²) in [5, 5.41) is 1.86. The molecular weight excluding hydrogens is 766 g/mol. The minimum atomic E-state index is -2.64. The van der Waals surface area contributed by atoms with Gasteiger partial charge >= 0.3 is 0 Å². The van der Waals surface area contributed by atoms with Gasteiger partial charge in [0.05, 0.1) is 0 Å². The molecule has 0 saturated carbocycles. The van der Waals surface area contributed by atoms with E-state index in [-0.39, 0.29) is 34.1 Å². The minimum absolute atomic E-state index is 0. The zero-order valence-electron chi connectivity index (χ0n) is 24.9. The molecule has 10 heteroatoms. The number of hydrogen-bond acceptors (Lipinski definition) is 6. The number of allylic oxidation sites excluding steroid dienone is 16. The largest absolute Gasteiger partial charge is 0.295 e. The average molecular weight is 801 g/mol. The Labute approximate surface area is 312 Å². The quantitative estimate of drug-likeness (QED) is 0.222. The molecule has 4 aliphatic carbocycles. The second kappa shape index (κ2) is 20.7. The van der Waals surface area contributed by atoms with Gasteiger partial charge in [0.15, 0.2) is 0 Å². The summed E-state index contributed by atoms with van der Waals surface area (Å²) in [7, 11) is 0. The van der Waals surface area contributed by atoms with Gasteiger partial charge in [-0.05, 0) is 22.3 Å². The Hall–Kier alpha value is -0.741. The van der Waals surface area contributed by atoms with E-state index in [2.05, 4.69) is 48.5 Å². The summed E-state index contributed by atoms with van der Waals surface area (Å²) in [5.41, 5.74) is -0.658. The van der Waals surface area contributed by atoms with E-state index in [9.17, 15) is 9.13 Å². The molecule has 0 spiro atoms. The summed E-state index contributed by atoms with van der Waals surface area (Å²) in [6, 6.07) is 16.9. The van der Waals surface area contributed by atoms with Crippen LogP contribution in [0.1, 0.15) is 22.3 Å². The first-order valence-electron chi connectivity index (χ1n) is 14.2. The molecule has 4 bridgehead atoms. The molecule has 2 nitrogen and oxygen atoms in total. The van der Waals surface area contributed by atoms with Crippen LogP contribution in [0.4, 0.5) is 0 Å². The van der Waals surface area contributed by atoms with Crippen LogP contribution in [0.25, 0.3) is 0 Å². The van der Waals surface area contributed by atoms with Gasteiger partial charge in [-0.2, -0.15) is 0 Å². The van der Waals surface area contributed by atoms with Gasteiger partial charge in [-0.25, -0.2) is 0 Å². The first kappa shape index (κ1) is 39.7. The molecule has 2 aromatic rings. The molecule has 4 aliphatic heterocycles. The van der Waals surface area contributed by atoms with Gasteiger partial charge in [0.2, 0.25) is 11.1 Å². The van der Waals surface area contributed by atoms with Crippen molar-refractivity contribution in [1.82, 2.24) is 0 Å². The molecule has 10 rings (SSSR count). The van der Waals surface area contributed by atoms with Crippen molar-refractivity contribution in [1.29, 1.82) is 0 Å². The zero-order valence-corrected chi connectivity index (χ0v) is 32.2. The van der Waals surface area contributed by atoms with Gasteiger partial charge in [-0.1, -0.05) is 179 Å². The Balaban J connectivity index is 0.000000409. The fourth-order valence-electron chi connectivity index (χ4n) is 4.21. The van der Waals surface area contributed by atoms with Gasteiger partial charge < -0.3 is 0 Å². The molecule has 4 radical (unpaired) electrons. The maximum atomic E-state index is 14.0. The molecule has 4 heterocycles. The van der Waals surface area contributed by atoms with Gasteiger partial charge in [-0.15, -0.1) is 0 Å². The monoisotopic (exact) mass is 800 g/mol. The first-order valence-corrected chi connectivity index (χ1v) is 24.0. The van der Waals surface area contributed by atoms with E-state index >= 15 is 0 Å². The van der Waals surface area contributed by atoms with E-state index in [0.717, 1.165) is 32.9 Å². The zero-order chi connectivity index (χ0) is 30.5. The predicted molar refractivity (Wildman–Crippen MR) is 201 cm³/mol. The topological polar surface area (TPSA) is 34.1 Å². The molecule has 0 N–H and O–H groups in total. The molecule has 2 aromatic carbocycles. The standard InChI is InChI=1S/C26H24O2P2S4.2C5H5.2Fe/c27-29(25-5-1-2-6-25)31-17-21-9-13-23(14-10-21)19-33-30(28,26-7-3-4-8-26)34-20-24-15-11-22(12-16-24)18-32-29;2*1-2-4-5-3-1;;/h1-16H,17-20H2;2*1-5H;;. The maximum absolute atomic E-state index is 14.0. The van der Waals surface area contributed by atoms with Gasteiger partial charge in [-0.3, -0.25) is 9.13 Å². The summed E-state index contributed by atoms with van der Waals surface area (Å²) >= 11 is 6.22. The maximum Gasteiger partial charge on any atom is 0.219 e. The number of hydrogen-bond donors (Lipinski definition) is 0. The summed E-state index contributed by atoms with van der Waals surface area (Å²) in [5.74, 6) is 2.79. The molecule has 0 aromatic heterocycles. The van der Waals surface area contributed by atoms with Gasteiger partial charge in [0, 0.05) is 93.5 Å². The van der Waals surface area contributed by atoms with Crippen molar-refractivity contribution < 1.29 is 43.3 Å². The predicted octanol–water partition coefficient (Wildman–Crippen LogP) is 12.7. The van der Waals surface area contributed by atoms with Crippen LogP contribution in [0.5, 0.6) is 0 Å². The van der Waals surface area contributed by atoms with Crippen molar-refractivity contribution in [2.75, 3.05) is 0 Å². The van der Waals surface area contributed by atoms with E-state index in [1.807, 2.05) is 111 Å². The van der Waals surface area contributed by atoms with Crippen LogP contribution in [0.15, 0.2) is 144 Å². The van der Waals surface area contributed by atoms with E-state index < -0.39 is 11.1 Å². The molecule has 0 fully saturated rings. The van der Waals surface area contributed by atoms with Crippen molar-refractivity contribution in [3.05, 3.63) is 192 Å². The summed E-state index contributed by atoms with van der Waals surface area (Å²) in [4.78, 5) is 0. The van der Waals surface area contributed by atoms with Crippen LogP contribution in [0, 0.1) is 25.7 Å². The van der Waals surface area contributed by atoms with Crippen molar-refractivity contribution in [2.45, 2.75) is 23.0 Å². The van der Waals surface area contributed by atoms with E-state index in [1.54, 1.807) is 45.5 Å². The van der Waals surface area contributed by atoms with Crippen LogP contribution < -0.4 is 0 Å². The van der Waals surface area contributed by atoms with Crippen molar-refractivity contribution >= 4 is 56.6 Å². The van der Waals surface area contributed by atoms with Crippen molar-refractivity contribution in [2.24, 2.45) is 0 Å². The molecule has 46 heavy (non-hydrogen) atoms. The fraction of sp³-hybridized carbons (Fsp3) is 0.111. The van der Waals surface area contributed by atoms with Crippen molar-refractivity contribution in [3.63, 3.8) is 0 Å². The third kappa shape index (κ3) is 12.3.